The van der Waals surface area contributed by atoms with Crippen LogP contribution in [0.5, 0.6) is 0 Å². The summed E-state index contributed by atoms with van der Waals surface area (Å²) in [6.45, 7) is 10.4. The number of aromatic nitrogens is 3. The van der Waals surface area contributed by atoms with Crippen molar-refractivity contribution in [2.45, 2.75) is 83.5 Å². The molecule has 0 aromatic carbocycles. The van der Waals surface area contributed by atoms with E-state index in [0.29, 0.717) is 18.6 Å². The normalized spacial score (nSPS) is 25.8. The summed E-state index contributed by atoms with van der Waals surface area (Å²) >= 11 is 0. The van der Waals surface area contributed by atoms with E-state index < -0.39 is 0 Å². The minimum Gasteiger partial charge on any atom is -0.355 e. The summed E-state index contributed by atoms with van der Waals surface area (Å²) in [6, 6.07) is 1.89. The largest absolute Gasteiger partial charge is 0.355 e. The standard InChI is InChI=1S/C22H40N8.HI/c1-4-29-12-7-10-20(29)14-23-22(24-15-21-27-26-17(2)28(21)3)25-18-11-13-30(16-18)19-8-5-6-9-19;/h18-20H,4-16H2,1-3H3,(H2,23,24,25);1H. The maximum absolute atomic E-state index is 4.90. The molecule has 1 aromatic rings. The van der Waals surface area contributed by atoms with E-state index in [1.165, 1.54) is 58.0 Å². The van der Waals surface area contributed by atoms with E-state index in [2.05, 4.69) is 37.6 Å². The van der Waals surface area contributed by atoms with Crippen LogP contribution in [-0.4, -0.2) is 81.4 Å². The molecule has 1 saturated carbocycles. The topological polar surface area (TPSA) is 73.6 Å². The first-order valence-corrected chi connectivity index (χ1v) is 12.0. The molecule has 2 N–H and O–H groups in total. The minimum absolute atomic E-state index is 0. The molecular weight excluding hydrogens is 503 g/mol. The Bertz CT molecular complexity index is 714. The van der Waals surface area contributed by atoms with Gasteiger partial charge in [-0.2, -0.15) is 0 Å². The van der Waals surface area contributed by atoms with E-state index in [9.17, 15) is 0 Å². The van der Waals surface area contributed by atoms with Crippen LogP contribution in [0.25, 0.3) is 0 Å². The molecule has 3 fully saturated rings. The Balaban J connectivity index is 0.00000272. The Morgan fingerprint density at radius 2 is 1.90 bits per heavy atom. The number of guanidine groups is 1. The van der Waals surface area contributed by atoms with Gasteiger partial charge in [0.1, 0.15) is 12.4 Å². The van der Waals surface area contributed by atoms with Crippen LogP contribution in [0.2, 0.25) is 0 Å². The van der Waals surface area contributed by atoms with E-state index in [1.807, 2.05) is 18.5 Å². The molecule has 176 valence electrons. The van der Waals surface area contributed by atoms with Gasteiger partial charge in [-0.3, -0.25) is 9.80 Å². The van der Waals surface area contributed by atoms with Crippen molar-refractivity contribution in [1.29, 1.82) is 0 Å². The molecule has 2 atom stereocenters. The van der Waals surface area contributed by atoms with Gasteiger partial charge in [0.25, 0.3) is 0 Å². The van der Waals surface area contributed by atoms with Gasteiger partial charge >= 0.3 is 0 Å². The Kier molecular flexibility index (Phi) is 9.39. The molecular formula is C22H41IN8. The number of aryl methyl sites for hydroxylation is 1. The third-order valence-corrected chi connectivity index (χ3v) is 7.37. The molecule has 2 aliphatic heterocycles. The Hall–Kier alpha value is -0.940. The van der Waals surface area contributed by atoms with Crippen LogP contribution in [0.1, 0.15) is 63.5 Å². The molecule has 1 aliphatic carbocycles. The molecule has 8 nitrogen and oxygen atoms in total. The van der Waals surface area contributed by atoms with Crippen molar-refractivity contribution in [2.75, 3.05) is 32.7 Å². The summed E-state index contributed by atoms with van der Waals surface area (Å²) in [7, 11) is 2.01. The number of aliphatic imine (C=N–C) groups is 1. The number of nitrogens with one attached hydrogen (secondary N) is 2. The molecule has 2 saturated heterocycles. The van der Waals surface area contributed by atoms with Crippen molar-refractivity contribution >= 4 is 29.9 Å². The summed E-state index contributed by atoms with van der Waals surface area (Å²) in [6.07, 6.45) is 9.34. The maximum atomic E-state index is 4.90. The SMILES string of the molecule is CCN1CCCC1CNC(=NCc1nnc(C)n1C)NC1CCN(C2CCCC2)C1.I. The lowest BCUT2D eigenvalue weighted by Gasteiger charge is -2.26. The molecule has 31 heavy (non-hydrogen) atoms. The summed E-state index contributed by atoms with van der Waals surface area (Å²) < 4.78 is 2.02. The number of likely N-dealkylation sites (N-methyl/N-ethyl adjacent to an activating group) is 1. The Morgan fingerprint density at radius 3 is 2.61 bits per heavy atom. The lowest BCUT2D eigenvalue weighted by molar-refractivity contribution is 0.242. The lowest BCUT2D eigenvalue weighted by atomic mass is 10.2. The molecule has 0 radical (unpaired) electrons. The summed E-state index contributed by atoms with van der Waals surface area (Å²) in [5, 5.41) is 15.9. The highest BCUT2D eigenvalue weighted by molar-refractivity contribution is 14.0. The van der Waals surface area contributed by atoms with E-state index in [4.69, 9.17) is 4.99 Å². The molecule has 3 aliphatic rings. The number of halogens is 1. The van der Waals surface area contributed by atoms with Crippen molar-refractivity contribution in [3.63, 3.8) is 0 Å². The summed E-state index contributed by atoms with van der Waals surface area (Å²) in [4.78, 5) is 10.2. The van der Waals surface area contributed by atoms with E-state index in [-0.39, 0.29) is 24.0 Å². The van der Waals surface area contributed by atoms with Gasteiger partial charge in [-0.1, -0.05) is 19.8 Å². The number of hydrogen-bond acceptors (Lipinski definition) is 5. The van der Waals surface area contributed by atoms with Crippen molar-refractivity contribution in [1.82, 2.24) is 35.2 Å². The highest BCUT2D eigenvalue weighted by Gasteiger charge is 2.30. The van der Waals surface area contributed by atoms with E-state index in [0.717, 1.165) is 43.3 Å². The van der Waals surface area contributed by atoms with Crippen molar-refractivity contribution < 1.29 is 0 Å². The van der Waals surface area contributed by atoms with Crippen molar-refractivity contribution in [3.8, 4) is 0 Å². The second-order valence-corrected chi connectivity index (χ2v) is 9.26. The lowest BCUT2D eigenvalue weighted by Crippen LogP contribution is -2.49. The quantitative estimate of drug-likeness (QED) is 0.312. The predicted molar refractivity (Wildman–Crippen MR) is 136 cm³/mol. The zero-order valence-electron chi connectivity index (χ0n) is 19.5. The maximum Gasteiger partial charge on any atom is 0.192 e. The third-order valence-electron chi connectivity index (χ3n) is 7.37. The van der Waals surface area contributed by atoms with Crippen LogP contribution in [0.4, 0.5) is 0 Å². The van der Waals surface area contributed by atoms with Crippen LogP contribution in [0, 0.1) is 6.92 Å². The second kappa shape index (κ2) is 11.8. The first-order valence-electron chi connectivity index (χ1n) is 12.0. The van der Waals surface area contributed by atoms with Gasteiger partial charge in [0.05, 0.1) is 0 Å². The van der Waals surface area contributed by atoms with Gasteiger partial charge in [-0.15, -0.1) is 34.2 Å². The molecule has 4 rings (SSSR count). The molecule has 2 unspecified atom stereocenters. The highest BCUT2D eigenvalue weighted by atomic mass is 127. The number of rotatable bonds is 7. The van der Waals surface area contributed by atoms with Gasteiger partial charge in [0.2, 0.25) is 0 Å². The van der Waals surface area contributed by atoms with Crippen LogP contribution in [0.15, 0.2) is 4.99 Å². The average Bonchev–Trinajstić information content (AvgIpc) is 3.54. The predicted octanol–water partition coefficient (Wildman–Crippen LogP) is 2.28. The van der Waals surface area contributed by atoms with E-state index >= 15 is 0 Å². The fraction of sp³-hybridized carbons (Fsp3) is 0.864. The first-order chi connectivity index (χ1) is 14.6. The zero-order chi connectivity index (χ0) is 20.9. The van der Waals surface area contributed by atoms with Gasteiger partial charge in [0.15, 0.2) is 11.8 Å². The second-order valence-electron chi connectivity index (χ2n) is 9.26. The Labute approximate surface area is 204 Å². The summed E-state index contributed by atoms with van der Waals surface area (Å²) in [5.74, 6) is 2.76. The Morgan fingerprint density at radius 1 is 1.10 bits per heavy atom. The monoisotopic (exact) mass is 544 g/mol. The van der Waals surface area contributed by atoms with Crippen LogP contribution >= 0.6 is 24.0 Å². The molecule has 9 heteroatoms. The highest BCUT2D eigenvalue weighted by Crippen LogP contribution is 2.26. The molecule has 0 bridgehead atoms. The summed E-state index contributed by atoms with van der Waals surface area (Å²) in [5.41, 5.74) is 0. The number of nitrogens with zero attached hydrogens (tertiary/aromatic N) is 6. The van der Waals surface area contributed by atoms with Crippen molar-refractivity contribution in [2.24, 2.45) is 12.0 Å². The van der Waals surface area contributed by atoms with Crippen molar-refractivity contribution in [3.05, 3.63) is 11.6 Å². The molecule has 0 spiro atoms. The fourth-order valence-corrected chi connectivity index (χ4v) is 5.35. The molecule has 1 aromatic heterocycles. The average molecular weight is 545 g/mol. The van der Waals surface area contributed by atoms with Gasteiger partial charge in [0, 0.05) is 44.8 Å². The number of likely N-dealkylation sites (tertiary alicyclic amines) is 2. The van der Waals surface area contributed by atoms with Gasteiger partial charge in [-0.05, 0) is 52.1 Å². The van der Waals surface area contributed by atoms with Gasteiger partial charge in [-0.25, -0.2) is 4.99 Å². The third kappa shape index (κ3) is 6.31. The zero-order valence-corrected chi connectivity index (χ0v) is 21.8. The fourth-order valence-electron chi connectivity index (χ4n) is 5.35. The van der Waals surface area contributed by atoms with Gasteiger partial charge < -0.3 is 15.2 Å². The molecule has 3 heterocycles. The van der Waals surface area contributed by atoms with Crippen LogP contribution in [0.3, 0.4) is 0 Å². The molecule has 0 amide bonds. The first kappa shape index (κ1) is 24.7. The van der Waals surface area contributed by atoms with E-state index in [1.54, 1.807) is 0 Å². The van der Waals surface area contributed by atoms with Crippen LogP contribution in [-0.2, 0) is 13.6 Å². The number of hydrogen-bond donors (Lipinski definition) is 2. The minimum atomic E-state index is 0. The van der Waals surface area contributed by atoms with Crippen LogP contribution < -0.4 is 10.6 Å². The smallest absolute Gasteiger partial charge is 0.192 e.